The Labute approximate surface area is 148 Å². The summed E-state index contributed by atoms with van der Waals surface area (Å²) in [6.45, 7) is 6.04. The Morgan fingerprint density at radius 1 is 1.24 bits per heavy atom. The van der Waals surface area contributed by atoms with E-state index in [1.165, 1.54) is 0 Å². The van der Waals surface area contributed by atoms with Gasteiger partial charge >= 0.3 is 0 Å². The van der Waals surface area contributed by atoms with Crippen molar-refractivity contribution >= 4 is 17.0 Å². The number of pyridine rings is 2. The average molecular weight is 333 g/mol. The summed E-state index contributed by atoms with van der Waals surface area (Å²) in [6, 6.07) is 8.09. The molecular weight excluding hydrogens is 310 g/mol. The van der Waals surface area contributed by atoms with Crippen molar-refractivity contribution in [2.45, 2.75) is 26.8 Å². The average Bonchev–Trinajstić information content (AvgIpc) is 3.03. The third kappa shape index (κ3) is 4.10. The minimum absolute atomic E-state index is 0.663. The molecule has 0 fully saturated rings. The molecule has 3 aromatic heterocycles. The first-order valence-corrected chi connectivity index (χ1v) is 8.52. The molecule has 0 aliphatic heterocycles. The Hall–Kier alpha value is -3.00. The maximum Gasteiger partial charge on any atom is 0.130 e. The van der Waals surface area contributed by atoms with Gasteiger partial charge in [0.1, 0.15) is 5.82 Å². The largest absolute Gasteiger partial charge is 0.385 e. The van der Waals surface area contributed by atoms with Gasteiger partial charge in [0, 0.05) is 37.2 Å². The number of hydrogen-bond donors (Lipinski definition) is 2. The Morgan fingerprint density at radius 3 is 2.84 bits per heavy atom. The third-order valence-electron chi connectivity index (χ3n) is 4.02. The molecule has 5 heteroatoms. The minimum Gasteiger partial charge on any atom is -0.385 e. The quantitative estimate of drug-likeness (QED) is 0.646. The summed E-state index contributed by atoms with van der Waals surface area (Å²) in [6.07, 6.45) is 12.1. The second-order valence-corrected chi connectivity index (χ2v) is 6.45. The maximum atomic E-state index is 5.61. The van der Waals surface area contributed by atoms with Crippen LogP contribution in [0.15, 0.2) is 42.9 Å². The Kier molecular flexibility index (Phi) is 5.20. The van der Waals surface area contributed by atoms with E-state index in [9.17, 15) is 0 Å². The van der Waals surface area contributed by atoms with Crippen LogP contribution in [-0.2, 0) is 6.54 Å². The minimum atomic E-state index is 0.663. The normalized spacial score (nSPS) is 10.8. The van der Waals surface area contributed by atoms with Gasteiger partial charge in [-0.3, -0.25) is 4.98 Å². The molecule has 2 N–H and O–H groups in total. The van der Waals surface area contributed by atoms with E-state index >= 15 is 0 Å². The van der Waals surface area contributed by atoms with Gasteiger partial charge < -0.3 is 10.6 Å². The third-order valence-corrected chi connectivity index (χ3v) is 4.02. The van der Waals surface area contributed by atoms with Gasteiger partial charge in [-0.1, -0.05) is 25.8 Å². The molecule has 0 spiro atoms. The predicted molar refractivity (Wildman–Crippen MR) is 103 cm³/mol. The van der Waals surface area contributed by atoms with Crippen LogP contribution in [-0.4, -0.2) is 21.1 Å². The second kappa shape index (κ2) is 7.71. The number of hydrogen-bond acceptors (Lipinski definition) is 4. The van der Waals surface area contributed by atoms with E-state index in [1.54, 1.807) is 12.4 Å². The lowest BCUT2D eigenvalue weighted by Crippen LogP contribution is -2.09. The van der Waals surface area contributed by atoms with E-state index in [1.807, 2.05) is 22.8 Å². The van der Waals surface area contributed by atoms with Gasteiger partial charge in [0.05, 0.1) is 17.3 Å². The van der Waals surface area contributed by atoms with Crippen LogP contribution in [0, 0.1) is 18.3 Å². The lowest BCUT2D eigenvalue weighted by molar-refractivity contribution is 0.607. The van der Waals surface area contributed by atoms with Gasteiger partial charge in [0.15, 0.2) is 0 Å². The summed E-state index contributed by atoms with van der Waals surface area (Å²) < 4.78 is 1.85. The molecule has 0 atom stereocenters. The summed E-state index contributed by atoms with van der Waals surface area (Å²) in [5.41, 5.74) is 3.86. The molecule has 0 aliphatic carbocycles. The van der Waals surface area contributed by atoms with Gasteiger partial charge in [0.25, 0.3) is 0 Å². The van der Waals surface area contributed by atoms with Crippen molar-refractivity contribution < 1.29 is 0 Å². The highest BCUT2D eigenvalue weighted by Gasteiger charge is 2.09. The van der Waals surface area contributed by atoms with Crippen LogP contribution in [0.5, 0.6) is 0 Å². The van der Waals surface area contributed by atoms with Crippen molar-refractivity contribution in [2.75, 3.05) is 17.2 Å². The first-order chi connectivity index (χ1) is 12.2. The van der Waals surface area contributed by atoms with E-state index in [0.717, 1.165) is 41.1 Å². The second-order valence-electron chi connectivity index (χ2n) is 6.45. The number of anilines is 2. The fourth-order valence-electron chi connectivity index (χ4n) is 2.63. The van der Waals surface area contributed by atoms with Crippen LogP contribution in [0.3, 0.4) is 0 Å². The molecule has 0 amide bonds. The summed E-state index contributed by atoms with van der Waals surface area (Å²) >= 11 is 0. The number of nitrogens with zero attached hydrogens (tertiary/aromatic N) is 3. The zero-order valence-corrected chi connectivity index (χ0v) is 14.7. The lowest BCUT2D eigenvalue weighted by atomic mass is 10.1. The van der Waals surface area contributed by atoms with Crippen molar-refractivity contribution in [1.82, 2.24) is 14.6 Å². The summed E-state index contributed by atoms with van der Waals surface area (Å²) in [7, 11) is 0. The molecule has 0 unspecified atom stereocenters. The van der Waals surface area contributed by atoms with Gasteiger partial charge in [-0.2, -0.15) is 5.10 Å². The fraction of sp³-hybridized carbons (Fsp3) is 0.300. The topological polar surface area (TPSA) is 54.2 Å². The van der Waals surface area contributed by atoms with E-state index in [-0.39, 0.29) is 0 Å². The van der Waals surface area contributed by atoms with Gasteiger partial charge in [0.2, 0.25) is 0 Å². The summed E-state index contributed by atoms with van der Waals surface area (Å²) in [5.74, 6) is 4.26. The first kappa shape index (κ1) is 16.8. The van der Waals surface area contributed by atoms with E-state index < -0.39 is 0 Å². The Bertz CT molecular complexity index is 874. The van der Waals surface area contributed by atoms with Crippen molar-refractivity contribution in [2.24, 2.45) is 5.92 Å². The van der Waals surface area contributed by atoms with Crippen LogP contribution in [0.4, 0.5) is 11.5 Å². The highest BCUT2D eigenvalue weighted by atomic mass is 15.3. The van der Waals surface area contributed by atoms with Gasteiger partial charge in [-0.15, -0.1) is 6.42 Å². The van der Waals surface area contributed by atoms with Gasteiger partial charge in [-0.25, -0.2) is 4.52 Å². The summed E-state index contributed by atoms with van der Waals surface area (Å²) in [5, 5.41) is 11.3. The smallest absolute Gasteiger partial charge is 0.130 e. The van der Waals surface area contributed by atoms with Gasteiger partial charge in [-0.05, 0) is 30.0 Å². The number of nitrogens with one attached hydrogen (secondary N) is 2. The molecule has 25 heavy (non-hydrogen) atoms. The molecule has 0 aliphatic rings. The maximum absolute atomic E-state index is 5.61. The lowest BCUT2D eigenvalue weighted by Gasteiger charge is -2.13. The molecule has 0 bridgehead atoms. The zero-order chi connectivity index (χ0) is 17.6. The molecule has 0 radical (unpaired) electrons. The van der Waals surface area contributed by atoms with Crippen LogP contribution in [0.1, 0.15) is 31.4 Å². The van der Waals surface area contributed by atoms with E-state index in [4.69, 9.17) is 6.42 Å². The molecule has 0 aromatic carbocycles. The Morgan fingerprint density at radius 2 is 2.12 bits per heavy atom. The Balaban J connectivity index is 1.86. The molecule has 128 valence electrons. The van der Waals surface area contributed by atoms with Crippen LogP contribution in [0.2, 0.25) is 0 Å². The SMILES string of the molecule is C#Cc1cnn2c(NCc3cccnc3)cc(NCCC(C)C)cc12. The molecular formula is C20H23N5. The van der Waals surface area contributed by atoms with Crippen molar-refractivity contribution in [3.63, 3.8) is 0 Å². The molecule has 3 rings (SSSR count). The molecule has 3 aromatic rings. The standard InChI is InChI=1S/C20H23N5/c1-4-17-14-24-25-19(17)10-18(22-9-7-15(2)3)11-20(25)23-13-16-6-5-8-21-12-16/h1,5-6,8,10-12,14-15,22-23H,7,9,13H2,2-3H3. The fourth-order valence-corrected chi connectivity index (χ4v) is 2.63. The van der Waals surface area contributed by atoms with E-state index in [0.29, 0.717) is 12.5 Å². The molecule has 0 saturated heterocycles. The summed E-state index contributed by atoms with van der Waals surface area (Å²) in [4.78, 5) is 4.15. The number of aromatic nitrogens is 3. The highest BCUT2D eigenvalue weighted by Crippen LogP contribution is 2.23. The number of terminal acetylenes is 1. The molecule has 3 heterocycles. The predicted octanol–water partition coefficient (Wildman–Crippen LogP) is 3.78. The first-order valence-electron chi connectivity index (χ1n) is 8.52. The van der Waals surface area contributed by atoms with Crippen LogP contribution >= 0.6 is 0 Å². The van der Waals surface area contributed by atoms with E-state index in [2.05, 4.69) is 52.6 Å². The number of rotatable bonds is 7. The number of fused-ring (bicyclic) bond motifs is 1. The van der Waals surface area contributed by atoms with Crippen molar-refractivity contribution in [3.8, 4) is 12.3 Å². The zero-order valence-electron chi connectivity index (χ0n) is 14.7. The molecule has 5 nitrogen and oxygen atoms in total. The highest BCUT2D eigenvalue weighted by molar-refractivity contribution is 5.71. The monoisotopic (exact) mass is 333 g/mol. The van der Waals surface area contributed by atoms with Crippen molar-refractivity contribution in [3.05, 3.63) is 54.0 Å². The van der Waals surface area contributed by atoms with Crippen molar-refractivity contribution in [1.29, 1.82) is 0 Å². The van der Waals surface area contributed by atoms with Crippen LogP contribution < -0.4 is 10.6 Å². The van der Waals surface area contributed by atoms with Crippen LogP contribution in [0.25, 0.3) is 5.52 Å². The molecule has 0 saturated carbocycles.